The van der Waals surface area contributed by atoms with Gasteiger partial charge in [-0.3, -0.25) is 4.79 Å². The van der Waals surface area contributed by atoms with Crippen molar-refractivity contribution in [2.45, 2.75) is 59.0 Å². The zero-order chi connectivity index (χ0) is 19.9. The van der Waals surface area contributed by atoms with Crippen LogP contribution in [0, 0.1) is 0 Å². The Morgan fingerprint density at radius 1 is 1.04 bits per heavy atom. The predicted octanol–water partition coefficient (Wildman–Crippen LogP) is 5.57. The summed E-state index contributed by atoms with van der Waals surface area (Å²) in [5, 5.41) is 2.93. The van der Waals surface area contributed by atoms with Crippen LogP contribution in [0.3, 0.4) is 0 Å². The van der Waals surface area contributed by atoms with Crippen molar-refractivity contribution in [3.05, 3.63) is 54.1 Å². The molecule has 0 saturated heterocycles. The molecule has 0 bridgehead atoms. The Labute approximate surface area is 162 Å². The Morgan fingerprint density at radius 2 is 1.67 bits per heavy atom. The van der Waals surface area contributed by atoms with Crippen molar-refractivity contribution in [1.82, 2.24) is 0 Å². The first-order chi connectivity index (χ1) is 12.8. The summed E-state index contributed by atoms with van der Waals surface area (Å²) in [6.07, 6.45) is 1.41. The van der Waals surface area contributed by atoms with Gasteiger partial charge in [0.05, 0.1) is 12.3 Å². The van der Waals surface area contributed by atoms with Gasteiger partial charge in [-0.15, -0.1) is 0 Å². The molecule has 1 amide bonds. The Balaban J connectivity index is 2.07. The maximum Gasteiger partial charge on any atom is 0.265 e. The van der Waals surface area contributed by atoms with Gasteiger partial charge in [0.25, 0.3) is 5.91 Å². The average Bonchev–Trinajstić information content (AvgIpc) is 2.63. The highest BCUT2D eigenvalue weighted by Gasteiger charge is 2.22. The van der Waals surface area contributed by atoms with E-state index in [2.05, 4.69) is 33.0 Å². The normalized spacial score (nSPS) is 12.3. The summed E-state index contributed by atoms with van der Waals surface area (Å²) in [6.45, 7) is 10.9. The summed E-state index contributed by atoms with van der Waals surface area (Å²) in [7, 11) is 0. The molecule has 0 spiro atoms. The number of benzene rings is 2. The monoisotopic (exact) mass is 369 g/mol. The van der Waals surface area contributed by atoms with Crippen molar-refractivity contribution < 1.29 is 14.3 Å². The number of ether oxygens (including phenoxy) is 2. The van der Waals surface area contributed by atoms with Crippen LogP contribution in [0.15, 0.2) is 48.5 Å². The van der Waals surface area contributed by atoms with E-state index in [0.717, 1.165) is 24.2 Å². The van der Waals surface area contributed by atoms with Gasteiger partial charge in [-0.1, -0.05) is 64.4 Å². The van der Waals surface area contributed by atoms with Crippen LogP contribution in [0.4, 0.5) is 5.69 Å². The third-order valence-corrected chi connectivity index (χ3v) is 4.27. The van der Waals surface area contributed by atoms with Gasteiger partial charge in [0.2, 0.25) is 0 Å². The van der Waals surface area contributed by atoms with Gasteiger partial charge in [0.1, 0.15) is 11.5 Å². The van der Waals surface area contributed by atoms with Gasteiger partial charge >= 0.3 is 0 Å². The van der Waals surface area contributed by atoms with Crippen molar-refractivity contribution >= 4 is 11.6 Å². The minimum absolute atomic E-state index is 0.0630. The van der Waals surface area contributed by atoms with E-state index in [-0.39, 0.29) is 11.3 Å². The summed E-state index contributed by atoms with van der Waals surface area (Å²) in [4.78, 5) is 12.7. The second kappa shape index (κ2) is 9.45. The van der Waals surface area contributed by atoms with Crippen LogP contribution in [0.1, 0.15) is 53.0 Å². The molecule has 0 aromatic heterocycles. The highest BCUT2D eigenvalue weighted by atomic mass is 16.5. The zero-order valence-corrected chi connectivity index (χ0v) is 17.0. The van der Waals surface area contributed by atoms with Crippen LogP contribution in [-0.2, 0) is 10.2 Å². The molecule has 0 aliphatic heterocycles. The second-order valence-electron chi connectivity index (χ2n) is 7.69. The molecule has 2 aromatic carbocycles. The van der Waals surface area contributed by atoms with Gasteiger partial charge in [-0.25, -0.2) is 0 Å². The number of hydrogen-bond acceptors (Lipinski definition) is 3. The molecule has 4 heteroatoms. The lowest BCUT2D eigenvalue weighted by Gasteiger charge is -2.24. The molecule has 0 heterocycles. The van der Waals surface area contributed by atoms with E-state index in [0.29, 0.717) is 18.0 Å². The van der Waals surface area contributed by atoms with E-state index in [4.69, 9.17) is 9.47 Å². The number of anilines is 1. The molecule has 0 aliphatic carbocycles. The van der Waals surface area contributed by atoms with E-state index in [1.54, 1.807) is 6.92 Å². The molecule has 0 aliphatic rings. The van der Waals surface area contributed by atoms with Crippen LogP contribution < -0.4 is 14.8 Å². The maximum absolute atomic E-state index is 12.7. The van der Waals surface area contributed by atoms with Crippen LogP contribution in [-0.4, -0.2) is 18.6 Å². The summed E-state index contributed by atoms with van der Waals surface area (Å²) >= 11 is 0. The lowest BCUT2D eigenvalue weighted by Crippen LogP contribution is -2.31. The topological polar surface area (TPSA) is 47.6 Å². The zero-order valence-electron chi connectivity index (χ0n) is 17.0. The number of amides is 1. The molecule has 2 aromatic rings. The van der Waals surface area contributed by atoms with Crippen LogP contribution in [0.5, 0.6) is 11.5 Å². The predicted molar refractivity (Wildman–Crippen MR) is 111 cm³/mol. The number of carbonyl (C=O) groups excluding carboxylic acids is 1. The molecule has 1 unspecified atom stereocenters. The molecule has 27 heavy (non-hydrogen) atoms. The second-order valence-corrected chi connectivity index (χ2v) is 7.69. The number of hydrogen-bond donors (Lipinski definition) is 1. The molecule has 1 N–H and O–H groups in total. The SMILES string of the molecule is CCCCOc1ccccc1NC(=O)C(C)Oc1ccccc1C(C)(C)C. The van der Waals surface area contributed by atoms with Crippen molar-refractivity contribution in [2.75, 3.05) is 11.9 Å². The third-order valence-electron chi connectivity index (χ3n) is 4.27. The smallest absolute Gasteiger partial charge is 0.265 e. The fraction of sp³-hybridized carbons (Fsp3) is 0.435. The summed E-state index contributed by atoms with van der Waals surface area (Å²) in [6, 6.07) is 15.3. The number of para-hydroxylation sites is 3. The first-order valence-corrected chi connectivity index (χ1v) is 9.61. The van der Waals surface area contributed by atoms with Gasteiger partial charge in [0.15, 0.2) is 6.10 Å². The van der Waals surface area contributed by atoms with Gasteiger partial charge < -0.3 is 14.8 Å². The first-order valence-electron chi connectivity index (χ1n) is 9.61. The largest absolute Gasteiger partial charge is 0.491 e. The fourth-order valence-corrected chi connectivity index (χ4v) is 2.69. The number of carbonyl (C=O) groups is 1. The molecule has 0 radical (unpaired) electrons. The lowest BCUT2D eigenvalue weighted by molar-refractivity contribution is -0.122. The standard InChI is InChI=1S/C23H31NO3/c1-6-7-16-26-21-15-11-9-13-19(21)24-22(25)17(2)27-20-14-10-8-12-18(20)23(3,4)5/h8-15,17H,6-7,16H2,1-5H3,(H,24,25). The molecule has 4 nitrogen and oxygen atoms in total. The van der Waals surface area contributed by atoms with E-state index in [1.807, 2.05) is 48.5 Å². The van der Waals surface area contributed by atoms with E-state index in [1.165, 1.54) is 0 Å². The Hall–Kier alpha value is -2.49. The molecule has 0 saturated carbocycles. The number of rotatable bonds is 8. The minimum atomic E-state index is -0.628. The molecule has 146 valence electrons. The van der Waals surface area contributed by atoms with Gasteiger partial charge in [0, 0.05) is 0 Å². The number of unbranched alkanes of at least 4 members (excludes halogenated alkanes) is 1. The number of nitrogens with one attached hydrogen (secondary N) is 1. The highest BCUT2D eigenvalue weighted by Crippen LogP contribution is 2.32. The maximum atomic E-state index is 12.7. The quantitative estimate of drug-likeness (QED) is 0.619. The molecule has 0 fully saturated rings. The van der Waals surface area contributed by atoms with Crippen molar-refractivity contribution in [2.24, 2.45) is 0 Å². The summed E-state index contributed by atoms with van der Waals surface area (Å²) < 4.78 is 11.8. The van der Waals surface area contributed by atoms with Crippen LogP contribution >= 0.6 is 0 Å². The van der Waals surface area contributed by atoms with E-state index < -0.39 is 6.10 Å². The molecule has 1 atom stereocenters. The summed E-state index contributed by atoms with van der Waals surface area (Å²) in [5.41, 5.74) is 1.68. The fourth-order valence-electron chi connectivity index (χ4n) is 2.69. The van der Waals surface area contributed by atoms with E-state index >= 15 is 0 Å². The Morgan fingerprint density at radius 3 is 2.33 bits per heavy atom. The Bertz CT molecular complexity index is 749. The van der Waals surface area contributed by atoms with Gasteiger partial charge in [-0.05, 0) is 42.5 Å². The minimum Gasteiger partial charge on any atom is -0.491 e. The lowest BCUT2D eigenvalue weighted by atomic mass is 9.86. The Kier molecular flexibility index (Phi) is 7.28. The van der Waals surface area contributed by atoms with E-state index in [9.17, 15) is 4.79 Å². The van der Waals surface area contributed by atoms with Crippen molar-refractivity contribution in [1.29, 1.82) is 0 Å². The average molecular weight is 370 g/mol. The third kappa shape index (κ3) is 6.02. The molecule has 2 rings (SSSR count). The van der Waals surface area contributed by atoms with Crippen molar-refractivity contribution in [3.8, 4) is 11.5 Å². The van der Waals surface area contributed by atoms with Crippen LogP contribution in [0.2, 0.25) is 0 Å². The highest BCUT2D eigenvalue weighted by molar-refractivity contribution is 5.95. The van der Waals surface area contributed by atoms with Crippen molar-refractivity contribution in [3.63, 3.8) is 0 Å². The molecular weight excluding hydrogens is 338 g/mol. The van der Waals surface area contributed by atoms with Crippen LogP contribution in [0.25, 0.3) is 0 Å². The first kappa shape index (κ1) is 20.8. The summed E-state index contributed by atoms with van der Waals surface area (Å²) in [5.74, 6) is 1.21. The molecular formula is C23H31NO3. The van der Waals surface area contributed by atoms with Gasteiger partial charge in [-0.2, -0.15) is 0 Å².